The molecule has 1 aliphatic heterocycles. The number of hydrogen-bond acceptors (Lipinski definition) is 5. The van der Waals surface area contributed by atoms with Gasteiger partial charge in [0.25, 0.3) is 0 Å². The molecule has 0 saturated carbocycles. The van der Waals surface area contributed by atoms with Gasteiger partial charge in [-0.1, -0.05) is 6.07 Å². The molecule has 0 bridgehead atoms. The van der Waals surface area contributed by atoms with Crippen LogP contribution in [0, 0.1) is 0 Å². The van der Waals surface area contributed by atoms with Crippen LogP contribution in [0.2, 0.25) is 0 Å². The number of nitrogens with zero attached hydrogens (tertiary/aromatic N) is 5. The minimum atomic E-state index is -0.206. The standard InChI is InChI=1S/C15H20N6O2S/c1-19(2)13(22)9-20-10-16-14(18-20)17-15(23)21-7-3-5-11(21)12-6-4-8-24-12/h4,6,8,10-11H,3,5,7,9H2,1-2H3,(H,17,18,23)/t11-/m1/s1. The average molecular weight is 348 g/mol. The van der Waals surface area contributed by atoms with Gasteiger partial charge in [-0.05, 0) is 24.3 Å². The maximum absolute atomic E-state index is 12.5. The van der Waals surface area contributed by atoms with Crippen LogP contribution >= 0.6 is 11.3 Å². The molecule has 1 aliphatic rings. The van der Waals surface area contributed by atoms with E-state index >= 15 is 0 Å². The summed E-state index contributed by atoms with van der Waals surface area (Å²) in [6.45, 7) is 0.811. The topological polar surface area (TPSA) is 83.4 Å². The summed E-state index contributed by atoms with van der Waals surface area (Å²) >= 11 is 1.66. The van der Waals surface area contributed by atoms with Gasteiger partial charge in [0.2, 0.25) is 11.9 Å². The van der Waals surface area contributed by atoms with Crippen molar-refractivity contribution in [3.63, 3.8) is 0 Å². The normalized spacial score (nSPS) is 17.1. The number of carbonyl (C=O) groups excluding carboxylic acids is 2. The number of likely N-dealkylation sites (N-methyl/N-ethyl adjacent to an activating group) is 1. The summed E-state index contributed by atoms with van der Waals surface area (Å²) in [5.74, 6) is 0.124. The first kappa shape index (κ1) is 16.4. The fourth-order valence-corrected chi connectivity index (χ4v) is 3.54. The van der Waals surface area contributed by atoms with Crippen LogP contribution in [0.4, 0.5) is 10.7 Å². The Morgan fingerprint density at radius 1 is 1.46 bits per heavy atom. The van der Waals surface area contributed by atoms with Crippen molar-refractivity contribution in [2.45, 2.75) is 25.4 Å². The Morgan fingerprint density at radius 3 is 3.00 bits per heavy atom. The lowest BCUT2D eigenvalue weighted by atomic mass is 10.2. The van der Waals surface area contributed by atoms with Crippen molar-refractivity contribution >= 4 is 29.2 Å². The van der Waals surface area contributed by atoms with Gasteiger partial charge in [0.1, 0.15) is 12.9 Å². The third kappa shape index (κ3) is 3.56. The third-order valence-corrected chi connectivity index (χ3v) is 4.91. The molecule has 8 nitrogen and oxygen atoms in total. The van der Waals surface area contributed by atoms with Gasteiger partial charge >= 0.3 is 6.03 Å². The average Bonchev–Trinajstić information content (AvgIpc) is 3.28. The van der Waals surface area contributed by atoms with Crippen molar-refractivity contribution in [1.82, 2.24) is 24.6 Å². The van der Waals surface area contributed by atoms with Gasteiger partial charge in [-0.25, -0.2) is 14.5 Å². The molecule has 3 amide bonds. The maximum atomic E-state index is 12.5. The lowest BCUT2D eigenvalue weighted by molar-refractivity contribution is -0.129. The summed E-state index contributed by atoms with van der Waals surface area (Å²) < 4.78 is 1.42. The lowest BCUT2D eigenvalue weighted by Crippen LogP contribution is -2.34. The zero-order valence-corrected chi connectivity index (χ0v) is 14.5. The highest BCUT2D eigenvalue weighted by Crippen LogP contribution is 2.34. The van der Waals surface area contributed by atoms with Gasteiger partial charge in [-0.2, -0.15) is 0 Å². The maximum Gasteiger partial charge on any atom is 0.324 e. The van der Waals surface area contributed by atoms with E-state index in [1.165, 1.54) is 20.8 Å². The van der Waals surface area contributed by atoms with Crippen molar-refractivity contribution < 1.29 is 9.59 Å². The molecule has 128 valence electrons. The second-order valence-corrected chi connectivity index (χ2v) is 6.83. The Morgan fingerprint density at radius 2 is 2.29 bits per heavy atom. The van der Waals surface area contributed by atoms with Crippen LogP contribution in [0.3, 0.4) is 0 Å². The molecule has 2 aromatic heterocycles. The number of amides is 3. The fourth-order valence-electron chi connectivity index (χ4n) is 2.66. The van der Waals surface area contributed by atoms with Crippen molar-refractivity contribution in [2.24, 2.45) is 0 Å². The first-order chi connectivity index (χ1) is 11.5. The van der Waals surface area contributed by atoms with E-state index in [1.54, 1.807) is 25.4 Å². The molecule has 1 atom stereocenters. The van der Waals surface area contributed by atoms with Crippen molar-refractivity contribution in [3.8, 4) is 0 Å². The summed E-state index contributed by atoms with van der Waals surface area (Å²) in [4.78, 5) is 32.7. The summed E-state index contributed by atoms with van der Waals surface area (Å²) in [5, 5.41) is 8.88. The predicted molar refractivity (Wildman–Crippen MR) is 90.7 cm³/mol. The molecule has 0 radical (unpaired) electrons. The molecule has 1 fully saturated rings. The molecular formula is C15H20N6O2S. The Balaban J connectivity index is 1.62. The van der Waals surface area contributed by atoms with Gasteiger partial charge in [0, 0.05) is 25.5 Å². The lowest BCUT2D eigenvalue weighted by Gasteiger charge is -2.23. The number of thiophene rings is 1. The number of nitrogens with one attached hydrogen (secondary N) is 1. The van der Waals surface area contributed by atoms with Crippen LogP contribution in [-0.4, -0.2) is 57.1 Å². The minimum absolute atomic E-state index is 0.0879. The van der Waals surface area contributed by atoms with Crippen LogP contribution in [-0.2, 0) is 11.3 Å². The van der Waals surface area contributed by atoms with Crippen LogP contribution in [0.1, 0.15) is 23.8 Å². The van der Waals surface area contributed by atoms with Crippen LogP contribution in [0.15, 0.2) is 23.8 Å². The van der Waals surface area contributed by atoms with Gasteiger partial charge in [-0.3, -0.25) is 10.1 Å². The van der Waals surface area contributed by atoms with Crippen molar-refractivity contribution in [3.05, 3.63) is 28.7 Å². The molecule has 3 rings (SSSR count). The van der Waals surface area contributed by atoms with Gasteiger partial charge in [-0.15, -0.1) is 16.4 Å². The molecular weight excluding hydrogens is 328 g/mol. The van der Waals surface area contributed by atoms with E-state index in [-0.39, 0.29) is 30.5 Å². The summed E-state index contributed by atoms with van der Waals surface area (Å²) in [6, 6.07) is 3.96. The number of rotatable bonds is 4. The van der Waals surface area contributed by atoms with Crippen molar-refractivity contribution in [1.29, 1.82) is 0 Å². The monoisotopic (exact) mass is 348 g/mol. The largest absolute Gasteiger partial charge is 0.347 e. The molecule has 0 spiro atoms. The molecule has 24 heavy (non-hydrogen) atoms. The Labute approximate surface area is 144 Å². The first-order valence-corrected chi connectivity index (χ1v) is 8.63. The molecule has 0 aliphatic carbocycles. The van der Waals surface area contributed by atoms with E-state index in [2.05, 4.69) is 21.5 Å². The third-order valence-electron chi connectivity index (χ3n) is 3.94. The van der Waals surface area contributed by atoms with Crippen LogP contribution < -0.4 is 5.32 Å². The highest BCUT2D eigenvalue weighted by atomic mass is 32.1. The summed E-state index contributed by atoms with van der Waals surface area (Å²) in [6.07, 6.45) is 3.39. The zero-order valence-electron chi connectivity index (χ0n) is 13.7. The summed E-state index contributed by atoms with van der Waals surface area (Å²) in [5.41, 5.74) is 0. The van der Waals surface area contributed by atoms with Gasteiger partial charge in [0.05, 0.1) is 6.04 Å². The Hall–Kier alpha value is -2.42. The Kier molecular flexibility index (Phi) is 4.79. The van der Waals surface area contributed by atoms with E-state index in [4.69, 9.17) is 0 Å². The number of hydrogen-bond donors (Lipinski definition) is 1. The van der Waals surface area contributed by atoms with Crippen LogP contribution in [0.25, 0.3) is 0 Å². The van der Waals surface area contributed by atoms with Gasteiger partial charge in [0.15, 0.2) is 0 Å². The SMILES string of the molecule is CN(C)C(=O)Cn1cnc(NC(=O)N2CCC[C@@H]2c2cccs2)n1. The molecule has 9 heteroatoms. The smallest absolute Gasteiger partial charge is 0.324 e. The molecule has 1 saturated heterocycles. The molecule has 1 N–H and O–H groups in total. The van der Waals surface area contributed by atoms with E-state index in [9.17, 15) is 9.59 Å². The molecule has 3 heterocycles. The van der Waals surface area contributed by atoms with Gasteiger partial charge < -0.3 is 9.80 Å². The predicted octanol–water partition coefficient (Wildman–Crippen LogP) is 1.80. The quantitative estimate of drug-likeness (QED) is 0.913. The molecule has 0 aromatic carbocycles. The van der Waals surface area contributed by atoms with E-state index in [0.717, 1.165) is 12.8 Å². The second-order valence-electron chi connectivity index (χ2n) is 5.85. The Bertz CT molecular complexity index is 711. The number of anilines is 1. The minimum Gasteiger partial charge on any atom is -0.347 e. The highest BCUT2D eigenvalue weighted by Gasteiger charge is 2.31. The number of likely N-dealkylation sites (tertiary alicyclic amines) is 1. The van der Waals surface area contributed by atoms with E-state index < -0.39 is 0 Å². The van der Waals surface area contributed by atoms with Crippen molar-refractivity contribution in [2.75, 3.05) is 26.0 Å². The fraction of sp³-hybridized carbons (Fsp3) is 0.467. The van der Waals surface area contributed by atoms with Crippen LogP contribution in [0.5, 0.6) is 0 Å². The molecule has 0 unspecified atom stereocenters. The molecule has 2 aromatic rings. The van der Waals surface area contributed by atoms with E-state index in [1.807, 2.05) is 16.3 Å². The summed E-state index contributed by atoms with van der Waals surface area (Å²) in [7, 11) is 3.36. The number of aromatic nitrogens is 3. The number of urea groups is 1. The van der Waals surface area contributed by atoms with E-state index in [0.29, 0.717) is 6.54 Å². The first-order valence-electron chi connectivity index (χ1n) is 7.75. The number of carbonyl (C=O) groups is 2. The highest BCUT2D eigenvalue weighted by molar-refractivity contribution is 7.10. The zero-order chi connectivity index (χ0) is 17.1. The second kappa shape index (κ2) is 7.00.